The van der Waals surface area contributed by atoms with Gasteiger partial charge in [0, 0.05) is 35.6 Å². The summed E-state index contributed by atoms with van der Waals surface area (Å²) < 4.78 is 66.8. The second-order valence-corrected chi connectivity index (χ2v) is 14.0. The molecule has 1 saturated carbocycles. The van der Waals surface area contributed by atoms with Gasteiger partial charge in [0.15, 0.2) is 9.84 Å². The van der Waals surface area contributed by atoms with Crippen LogP contribution < -0.4 is 0 Å². The van der Waals surface area contributed by atoms with E-state index in [-0.39, 0.29) is 34.6 Å². The monoisotopic (exact) mass is 594 g/mol. The highest BCUT2D eigenvalue weighted by molar-refractivity contribution is 7.98. The first-order valence-electron chi connectivity index (χ1n) is 13.6. The maximum absolute atomic E-state index is 13.5. The molecule has 10 heteroatoms. The van der Waals surface area contributed by atoms with E-state index in [0.29, 0.717) is 43.0 Å². The van der Waals surface area contributed by atoms with Gasteiger partial charge in [0.25, 0.3) is 0 Å². The Morgan fingerprint density at radius 1 is 1.10 bits per heavy atom. The Kier molecular flexibility index (Phi) is 9.42. The molecule has 218 valence electrons. The van der Waals surface area contributed by atoms with E-state index in [0.717, 1.165) is 23.4 Å². The van der Waals surface area contributed by atoms with Crippen LogP contribution in [-0.4, -0.2) is 67.9 Å². The number of hydrogen-bond donors (Lipinski definition) is 0. The van der Waals surface area contributed by atoms with Crippen LogP contribution in [0.15, 0.2) is 64.4 Å². The Morgan fingerprint density at radius 3 is 2.40 bits per heavy atom. The predicted molar refractivity (Wildman–Crippen MR) is 154 cm³/mol. The molecule has 1 heterocycles. The van der Waals surface area contributed by atoms with Gasteiger partial charge in [-0.15, -0.1) is 11.8 Å². The summed E-state index contributed by atoms with van der Waals surface area (Å²) in [6.07, 6.45) is 1.47. The third-order valence-corrected chi connectivity index (χ3v) is 10.9. The van der Waals surface area contributed by atoms with Gasteiger partial charge in [-0.3, -0.25) is 4.79 Å². The summed E-state index contributed by atoms with van der Waals surface area (Å²) in [7, 11) is -1.55. The summed E-state index contributed by atoms with van der Waals surface area (Å²) in [5.41, 5.74) is 0.209. The standard InChI is InChI=1S/C30H37F3N2O3S2/c1-20(2)34(3)25-8-13-28(23(17-25)19-40(37,38)27-11-9-26(39-4)10-12-27)35-15-14-22(18-29(35)36)21-6-5-7-24(16-21)30(31,32)33/h5-7,9-12,16,18,20,23,25,28H,8,13-15,17,19H2,1-4H3/t23-,25+,28+/m1/s1. The van der Waals surface area contributed by atoms with Crippen molar-refractivity contribution in [2.24, 2.45) is 5.92 Å². The molecule has 0 N–H and O–H groups in total. The SMILES string of the molecule is CSc1ccc(S(=O)(=O)C[C@H]2C[C@@H](N(C)C(C)C)CC[C@@H]2N2CCC(c3cccc(C(F)(F)F)c3)=CC2=O)cc1. The summed E-state index contributed by atoms with van der Waals surface area (Å²) in [6.45, 7) is 4.56. The van der Waals surface area contributed by atoms with Crippen LogP contribution in [0.4, 0.5) is 13.2 Å². The number of hydrogen-bond acceptors (Lipinski definition) is 5. The van der Waals surface area contributed by atoms with Crippen LogP contribution in [0.3, 0.4) is 0 Å². The number of thioether (sulfide) groups is 1. The molecule has 40 heavy (non-hydrogen) atoms. The predicted octanol–water partition coefficient (Wildman–Crippen LogP) is 6.39. The number of rotatable bonds is 8. The van der Waals surface area contributed by atoms with Crippen LogP contribution in [0.2, 0.25) is 0 Å². The van der Waals surface area contributed by atoms with Crippen LogP contribution in [0, 0.1) is 5.92 Å². The highest BCUT2D eigenvalue weighted by Gasteiger charge is 2.41. The van der Waals surface area contributed by atoms with Crippen molar-refractivity contribution in [3.05, 3.63) is 65.7 Å². The molecule has 0 bridgehead atoms. The van der Waals surface area contributed by atoms with Crippen molar-refractivity contribution >= 4 is 33.1 Å². The molecule has 0 aromatic heterocycles. The number of halogens is 3. The number of carbonyl (C=O) groups is 1. The van der Waals surface area contributed by atoms with E-state index in [1.54, 1.807) is 47.0 Å². The fourth-order valence-electron chi connectivity index (χ4n) is 5.87. The van der Waals surface area contributed by atoms with Gasteiger partial charge in [0.1, 0.15) is 0 Å². The Labute approximate surface area is 239 Å². The van der Waals surface area contributed by atoms with Crippen molar-refractivity contribution in [2.75, 3.05) is 25.6 Å². The fraction of sp³-hybridized carbons (Fsp3) is 0.500. The first kappa shape index (κ1) is 30.7. The van der Waals surface area contributed by atoms with Crippen LogP contribution in [0.5, 0.6) is 0 Å². The lowest BCUT2D eigenvalue weighted by molar-refractivity contribution is -0.137. The van der Waals surface area contributed by atoms with E-state index >= 15 is 0 Å². The lowest BCUT2D eigenvalue weighted by Gasteiger charge is -2.46. The van der Waals surface area contributed by atoms with Crippen LogP contribution >= 0.6 is 11.8 Å². The van der Waals surface area contributed by atoms with Gasteiger partial charge in [-0.1, -0.05) is 12.1 Å². The first-order valence-corrected chi connectivity index (χ1v) is 16.5. The zero-order valence-corrected chi connectivity index (χ0v) is 25.0. The summed E-state index contributed by atoms with van der Waals surface area (Å²) in [6, 6.07) is 12.2. The van der Waals surface area contributed by atoms with Crippen LogP contribution in [-0.2, 0) is 20.8 Å². The molecule has 5 nitrogen and oxygen atoms in total. The van der Waals surface area contributed by atoms with Crippen molar-refractivity contribution < 1.29 is 26.4 Å². The van der Waals surface area contributed by atoms with Crippen molar-refractivity contribution in [3.8, 4) is 0 Å². The molecule has 1 fully saturated rings. The molecule has 2 aromatic carbocycles. The number of nitrogens with zero attached hydrogens (tertiary/aromatic N) is 2. The molecule has 0 unspecified atom stereocenters. The van der Waals surface area contributed by atoms with Crippen molar-refractivity contribution in [1.29, 1.82) is 0 Å². The first-order chi connectivity index (χ1) is 18.8. The molecule has 2 aliphatic rings. The quantitative estimate of drug-likeness (QED) is 0.332. The summed E-state index contributed by atoms with van der Waals surface area (Å²) in [4.78, 5) is 18.7. The second-order valence-electron chi connectivity index (χ2n) is 11.0. The molecule has 1 aliphatic carbocycles. The molecule has 3 atom stereocenters. The van der Waals surface area contributed by atoms with Gasteiger partial charge < -0.3 is 9.80 Å². The number of benzene rings is 2. The number of alkyl halides is 3. The maximum atomic E-state index is 13.5. The topological polar surface area (TPSA) is 57.7 Å². The smallest absolute Gasteiger partial charge is 0.336 e. The number of sulfone groups is 1. The van der Waals surface area contributed by atoms with Gasteiger partial charge in [-0.25, -0.2) is 8.42 Å². The molecule has 0 saturated heterocycles. The van der Waals surface area contributed by atoms with E-state index in [4.69, 9.17) is 0 Å². The van der Waals surface area contributed by atoms with Gasteiger partial charge in [-0.05, 0) is 106 Å². The maximum Gasteiger partial charge on any atom is 0.416 e. The van der Waals surface area contributed by atoms with Crippen molar-refractivity contribution in [1.82, 2.24) is 9.80 Å². The second kappa shape index (κ2) is 12.3. The largest absolute Gasteiger partial charge is 0.416 e. The van der Waals surface area contributed by atoms with Crippen molar-refractivity contribution in [2.45, 2.75) is 73.6 Å². The Balaban J connectivity index is 1.59. The third kappa shape index (κ3) is 6.94. The molecule has 2 aromatic rings. The lowest BCUT2D eigenvalue weighted by atomic mass is 9.80. The number of carbonyl (C=O) groups excluding carboxylic acids is 1. The molecular weight excluding hydrogens is 557 g/mol. The third-order valence-electron chi connectivity index (χ3n) is 8.32. The molecular formula is C30H37F3N2O3S2. The normalized spacial score (nSPS) is 22.6. The molecule has 0 spiro atoms. The van der Waals surface area contributed by atoms with E-state index in [1.807, 2.05) is 6.26 Å². The number of amides is 1. The van der Waals surface area contributed by atoms with Crippen LogP contribution in [0.1, 0.15) is 50.7 Å². The highest BCUT2D eigenvalue weighted by atomic mass is 32.2. The van der Waals surface area contributed by atoms with E-state index < -0.39 is 21.6 Å². The van der Waals surface area contributed by atoms with E-state index in [9.17, 15) is 26.4 Å². The van der Waals surface area contributed by atoms with Gasteiger partial charge in [-0.2, -0.15) is 13.2 Å². The molecule has 1 aliphatic heterocycles. The van der Waals surface area contributed by atoms with E-state index in [1.165, 1.54) is 12.1 Å². The summed E-state index contributed by atoms with van der Waals surface area (Å²) >= 11 is 1.54. The van der Waals surface area contributed by atoms with Gasteiger partial charge in [0.05, 0.1) is 16.2 Å². The average molecular weight is 595 g/mol. The molecule has 1 amide bonds. The average Bonchev–Trinajstić information content (AvgIpc) is 2.92. The Bertz CT molecular complexity index is 1340. The minimum absolute atomic E-state index is 0.0628. The molecule has 4 rings (SSSR count). The summed E-state index contributed by atoms with van der Waals surface area (Å²) in [5, 5.41) is 0. The highest BCUT2D eigenvalue weighted by Crippen LogP contribution is 2.37. The Morgan fingerprint density at radius 2 is 1.80 bits per heavy atom. The minimum atomic E-state index is -4.46. The van der Waals surface area contributed by atoms with Gasteiger partial charge >= 0.3 is 6.18 Å². The fourth-order valence-corrected chi connectivity index (χ4v) is 7.95. The minimum Gasteiger partial charge on any atom is -0.336 e. The zero-order chi connectivity index (χ0) is 29.2. The van der Waals surface area contributed by atoms with Crippen molar-refractivity contribution in [3.63, 3.8) is 0 Å². The van der Waals surface area contributed by atoms with Crippen LogP contribution in [0.25, 0.3) is 5.57 Å². The summed E-state index contributed by atoms with van der Waals surface area (Å²) in [5.74, 6) is -0.601. The Hall–Kier alpha value is -2.30. The lowest BCUT2D eigenvalue weighted by Crippen LogP contribution is -2.53. The van der Waals surface area contributed by atoms with E-state index in [2.05, 4.69) is 25.8 Å². The molecule has 0 radical (unpaired) electrons. The van der Waals surface area contributed by atoms with Gasteiger partial charge in [0.2, 0.25) is 5.91 Å². The zero-order valence-electron chi connectivity index (χ0n) is 23.3.